The highest BCUT2D eigenvalue weighted by molar-refractivity contribution is 6.29. The van der Waals surface area contributed by atoms with Gasteiger partial charge in [-0.25, -0.2) is 9.97 Å². The maximum atomic E-state index is 5.86. The van der Waals surface area contributed by atoms with Gasteiger partial charge in [-0.1, -0.05) is 11.6 Å². The molecule has 1 aliphatic rings. The summed E-state index contributed by atoms with van der Waals surface area (Å²) < 4.78 is 5.42. The average molecular weight is 242 g/mol. The third-order valence-corrected chi connectivity index (χ3v) is 2.83. The first-order valence-electron chi connectivity index (χ1n) is 5.57. The Balaban J connectivity index is 1.88. The van der Waals surface area contributed by atoms with Crippen LogP contribution in [0.5, 0.6) is 0 Å². The SMILES string of the molecule is Cc1nc(Cl)cc(NCC2CCCOC2)n1. The van der Waals surface area contributed by atoms with Crippen molar-refractivity contribution < 1.29 is 4.74 Å². The van der Waals surface area contributed by atoms with Gasteiger partial charge >= 0.3 is 0 Å². The number of nitrogens with zero attached hydrogens (tertiary/aromatic N) is 2. The van der Waals surface area contributed by atoms with Crippen molar-refractivity contribution in [3.8, 4) is 0 Å². The van der Waals surface area contributed by atoms with Crippen molar-refractivity contribution in [3.05, 3.63) is 17.0 Å². The molecule has 1 N–H and O–H groups in total. The highest BCUT2D eigenvalue weighted by Crippen LogP contribution is 2.16. The van der Waals surface area contributed by atoms with Crippen molar-refractivity contribution in [2.75, 3.05) is 25.1 Å². The standard InChI is InChI=1S/C11H16ClN3O/c1-8-14-10(12)5-11(15-8)13-6-9-3-2-4-16-7-9/h5,9H,2-4,6-7H2,1H3,(H,13,14,15). The van der Waals surface area contributed by atoms with Gasteiger partial charge in [0.25, 0.3) is 0 Å². The molecule has 1 aromatic heterocycles. The van der Waals surface area contributed by atoms with Crippen LogP contribution in [-0.2, 0) is 4.74 Å². The summed E-state index contributed by atoms with van der Waals surface area (Å²) in [6.07, 6.45) is 2.36. The minimum Gasteiger partial charge on any atom is -0.381 e. The fourth-order valence-electron chi connectivity index (χ4n) is 1.84. The molecule has 1 atom stereocenters. The quantitative estimate of drug-likeness (QED) is 0.825. The highest BCUT2D eigenvalue weighted by atomic mass is 35.5. The minimum absolute atomic E-state index is 0.481. The molecule has 0 saturated carbocycles. The number of halogens is 1. The van der Waals surface area contributed by atoms with Crippen LogP contribution in [0.4, 0.5) is 5.82 Å². The van der Waals surface area contributed by atoms with E-state index in [-0.39, 0.29) is 0 Å². The second-order valence-corrected chi connectivity index (χ2v) is 4.47. The molecule has 1 aliphatic heterocycles. The van der Waals surface area contributed by atoms with Crippen molar-refractivity contribution in [2.45, 2.75) is 19.8 Å². The molecule has 0 aromatic carbocycles. The average Bonchev–Trinajstić information content (AvgIpc) is 2.27. The Morgan fingerprint density at radius 1 is 1.56 bits per heavy atom. The van der Waals surface area contributed by atoms with Crippen molar-refractivity contribution in [2.24, 2.45) is 5.92 Å². The van der Waals surface area contributed by atoms with Crippen LogP contribution in [0.15, 0.2) is 6.07 Å². The van der Waals surface area contributed by atoms with E-state index < -0.39 is 0 Å². The summed E-state index contributed by atoms with van der Waals surface area (Å²) in [4.78, 5) is 8.29. The monoisotopic (exact) mass is 241 g/mol. The summed E-state index contributed by atoms with van der Waals surface area (Å²) in [7, 11) is 0. The van der Waals surface area contributed by atoms with Crippen molar-refractivity contribution in [3.63, 3.8) is 0 Å². The van der Waals surface area contributed by atoms with Crippen LogP contribution in [0.2, 0.25) is 5.15 Å². The molecule has 2 rings (SSSR count). The lowest BCUT2D eigenvalue weighted by Crippen LogP contribution is -2.24. The van der Waals surface area contributed by atoms with Gasteiger partial charge in [-0.2, -0.15) is 0 Å². The van der Waals surface area contributed by atoms with Gasteiger partial charge in [0.05, 0.1) is 6.61 Å². The second-order valence-electron chi connectivity index (χ2n) is 4.09. The Morgan fingerprint density at radius 3 is 3.12 bits per heavy atom. The van der Waals surface area contributed by atoms with E-state index in [4.69, 9.17) is 16.3 Å². The van der Waals surface area contributed by atoms with E-state index >= 15 is 0 Å². The molecule has 88 valence electrons. The smallest absolute Gasteiger partial charge is 0.134 e. The predicted molar refractivity (Wildman–Crippen MR) is 63.8 cm³/mol. The molecule has 2 heterocycles. The summed E-state index contributed by atoms with van der Waals surface area (Å²) in [6.45, 7) is 4.45. The number of ether oxygens (including phenoxy) is 1. The fourth-order valence-corrected chi connectivity index (χ4v) is 2.06. The molecule has 1 aromatic rings. The summed E-state index contributed by atoms with van der Waals surface area (Å²) in [6, 6.07) is 1.75. The summed E-state index contributed by atoms with van der Waals surface area (Å²) in [5, 5.41) is 3.76. The third kappa shape index (κ3) is 3.32. The summed E-state index contributed by atoms with van der Waals surface area (Å²) in [5.74, 6) is 2.06. The van der Waals surface area contributed by atoms with Crippen molar-refractivity contribution in [1.82, 2.24) is 9.97 Å². The Kier molecular flexibility index (Phi) is 3.96. The molecule has 0 radical (unpaired) electrons. The third-order valence-electron chi connectivity index (χ3n) is 2.63. The first-order valence-corrected chi connectivity index (χ1v) is 5.94. The van der Waals surface area contributed by atoms with Gasteiger partial charge in [0.15, 0.2) is 0 Å². The van der Waals surface area contributed by atoms with Gasteiger partial charge in [-0.15, -0.1) is 0 Å². The number of anilines is 1. The second kappa shape index (κ2) is 5.46. The van der Waals surface area contributed by atoms with E-state index in [1.807, 2.05) is 6.92 Å². The molecule has 5 heteroatoms. The molecule has 1 saturated heterocycles. The minimum atomic E-state index is 0.481. The zero-order valence-corrected chi connectivity index (χ0v) is 10.1. The number of rotatable bonds is 3. The van der Waals surface area contributed by atoms with Gasteiger partial charge in [0.2, 0.25) is 0 Å². The molecule has 1 fully saturated rings. The Morgan fingerprint density at radius 2 is 2.44 bits per heavy atom. The molecule has 0 bridgehead atoms. The van der Waals surface area contributed by atoms with Crippen LogP contribution in [0.3, 0.4) is 0 Å². The fraction of sp³-hybridized carbons (Fsp3) is 0.636. The summed E-state index contributed by atoms with van der Waals surface area (Å²) in [5.41, 5.74) is 0. The maximum Gasteiger partial charge on any atom is 0.134 e. The van der Waals surface area contributed by atoms with Gasteiger partial charge in [0.1, 0.15) is 16.8 Å². The van der Waals surface area contributed by atoms with Crippen LogP contribution in [0.1, 0.15) is 18.7 Å². The van der Waals surface area contributed by atoms with Crippen LogP contribution in [-0.4, -0.2) is 29.7 Å². The molecular formula is C11H16ClN3O. The van der Waals surface area contributed by atoms with Gasteiger partial charge < -0.3 is 10.1 Å². The van der Waals surface area contributed by atoms with Gasteiger partial charge in [-0.05, 0) is 25.7 Å². The zero-order chi connectivity index (χ0) is 11.4. The topological polar surface area (TPSA) is 47.0 Å². The molecule has 0 aliphatic carbocycles. The Hall–Kier alpha value is -0.870. The lowest BCUT2D eigenvalue weighted by Gasteiger charge is -2.22. The maximum absolute atomic E-state index is 5.86. The van der Waals surface area contributed by atoms with E-state index in [1.165, 1.54) is 6.42 Å². The normalized spacial score (nSPS) is 20.8. The number of aryl methyl sites for hydroxylation is 1. The molecule has 16 heavy (non-hydrogen) atoms. The molecule has 0 amide bonds. The number of nitrogens with one attached hydrogen (secondary N) is 1. The largest absolute Gasteiger partial charge is 0.381 e. The van der Waals surface area contributed by atoms with Crippen LogP contribution in [0, 0.1) is 12.8 Å². The van der Waals surface area contributed by atoms with E-state index in [9.17, 15) is 0 Å². The lowest BCUT2D eigenvalue weighted by atomic mass is 10.0. The Labute approximate surface area is 100 Å². The van der Waals surface area contributed by atoms with E-state index in [0.29, 0.717) is 16.9 Å². The first kappa shape index (κ1) is 11.6. The summed E-state index contributed by atoms with van der Waals surface area (Å²) >= 11 is 5.86. The number of hydrogen-bond donors (Lipinski definition) is 1. The molecule has 0 spiro atoms. The Bertz CT molecular complexity index is 333. The van der Waals surface area contributed by atoms with E-state index in [0.717, 1.165) is 32.0 Å². The molecular weight excluding hydrogens is 226 g/mol. The number of aromatic nitrogens is 2. The highest BCUT2D eigenvalue weighted by Gasteiger charge is 2.13. The predicted octanol–water partition coefficient (Wildman–Crippen LogP) is 2.28. The van der Waals surface area contributed by atoms with Crippen LogP contribution in [0.25, 0.3) is 0 Å². The number of hydrogen-bond acceptors (Lipinski definition) is 4. The van der Waals surface area contributed by atoms with Crippen molar-refractivity contribution >= 4 is 17.4 Å². The molecule has 4 nitrogen and oxygen atoms in total. The molecule has 1 unspecified atom stereocenters. The first-order chi connectivity index (χ1) is 7.74. The lowest BCUT2D eigenvalue weighted by molar-refractivity contribution is 0.0595. The van der Waals surface area contributed by atoms with Gasteiger partial charge in [-0.3, -0.25) is 0 Å². The van der Waals surface area contributed by atoms with Crippen LogP contribution < -0.4 is 5.32 Å². The van der Waals surface area contributed by atoms with E-state index in [1.54, 1.807) is 6.07 Å². The van der Waals surface area contributed by atoms with E-state index in [2.05, 4.69) is 15.3 Å². The van der Waals surface area contributed by atoms with Crippen LogP contribution >= 0.6 is 11.6 Å². The van der Waals surface area contributed by atoms with Crippen molar-refractivity contribution in [1.29, 1.82) is 0 Å². The van der Waals surface area contributed by atoms with Gasteiger partial charge in [0, 0.05) is 19.2 Å². The zero-order valence-electron chi connectivity index (χ0n) is 9.37.